The second-order valence-corrected chi connectivity index (χ2v) is 3.52. The van der Waals surface area contributed by atoms with Gasteiger partial charge in [0, 0.05) is 16.1 Å². The molecule has 1 aromatic carbocycles. The fourth-order valence-corrected chi connectivity index (χ4v) is 1.84. The lowest BCUT2D eigenvalue weighted by molar-refractivity contribution is -0.108. The summed E-state index contributed by atoms with van der Waals surface area (Å²) in [5.41, 5.74) is 7.23. The number of carbonyl (C=O) groups is 1. The molecule has 1 atom stereocenters. The molecule has 0 aliphatic heterocycles. The van der Waals surface area contributed by atoms with Crippen molar-refractivity contribution in [2.45, 2.75) is 12.8 Å². The molecule has 0 amide bonds. The average Bonchev–Trinajstić information content (AvgIpc) is 2.03. The fraction of sp³-hybridized carbons (Fsp3) is 0.222. The molecule has 3 heteroatoms. The molecule has 0 aliphatic carbocycles. The van der Waals surface area contributed by atoms with E-state index in [9.17, 15) is 4.79 Å². The maximum atomic E-state index is 10.5. The van der Waals surface area contributed by atoms with Gasteiger partial charge in [0.1, 0.15) is 6.29 Å². The lowest BCUT2D eigenvalue weighted by Crippen LogP contribution is -2.01. The second kappa shape index (κ2) is 3.72. The van der Waals surface area contributed by atoms with Gasteiger partial charge >= 0.3 is 0 Å². The molecular formula is C9H10BrNO. The van der Waals surface area contributed by atoms with Crippen molar-refractivity contribution in [1.82, 2.24) is 0 Å². The quantitative estimate of drug-likeness (QED) is 0.623. The third-order valence-electron chi connectivity index (χ3n) is 1.75. The van der Waals surface area contributed by atoms with Crippen LogP contribution in [0.15, 0.2) is 22.7 Å². The second-order valence-electron chi connectivity index (χ2n) is 2.67. The number of hydrogen-bond donors (Lipinski definition) is 1. The van der Waals surface area contributed by atoms with Crippen molar-refractivity contribution < 1.29 is 4.79 Å². The van der Waals surface area contributed by atoms with Crippen LogP contribution in [0.25, 0.3) is 0 Å². The SMILES string of the molecule is CC(C=O)c1c(N)cccc1Br. The molecule has 0 fully saturated rings. The van der Waals surface area contributed by atoms with E-state index in [0.717, 1.165) is 16.3 Å². The summed E-state index contributed by atoms with van der Waals surface area (Å²) in [7, 11) is 0. The van der Waals surface area contributed by atoms with Crippen LogP contribution in [0.5, 0.6) is 0 Å². The van der Waals surface area contributed by atoms with Gasteiger partial charge in [0.15, 0.2) is 0 Å². The van der Waals surface area contributed by atoms with Gasteiger partial charge in [0.05, 0.1) is 0 Å². The van der Waals surface area contributed by atoms with Crippen LogP contribution in [0.4, 0.5) is 5.69 Å². The number of hydrogen-bond acceptors (Lipinski definition) is 2. The lowest BCUT2D eigenvalue weighted by Gasteiger charge is -2.09. The predicted octanol–water partition coefficient (Wildman–Crippen LogP) is 2.33. The van der Waals surface area contributed by atoms with Gasteiger partial charge in [0.2, 0.25) is 0 Å². The summed E-state index contributed by atoms with van der Waals surface area (Å²) in [4.78, 5) is 10.5. The van der Waals surface area contributed by atoms with E-state index in [-0.39, 0.29) is 5.92 Å². The van der Waals surface area contributed by atoms with E-state index in [0.29, 0.717) is 5.69 Å². The van der Waals surface area contributed by atoms with Crippen LogP contribution >= 0.6 is 15.9 Å². The maximum Gasteiger partial charge on any atom is 0.127 e. The van der Waals surface area contributed by atoms with Crippen LogP contribution in [-0.4, -0.2) is 6.29 Å². The predicted molar refractivity (Wildman–Crippen MR) is 53.0 cm³/mol. The monoisotopic (exact) mass is 227 g/mol. The molecule has 0 spiro atoms. The number of anilines is 1. The zero-order valence-corrected chi connectivity index (χ0v) is 8.34. The molecule has 0 saturated heterocycles. The van der Waals surface area contributed by atoms with Crippen molar-refractivity contribution in [2.75, 3.05) is 5.73 Å². The topological polar surface area (TPSA) is 43.1 Å². The van der Waals surface area contributed by atoms with Crippen molar-refractivity contribution in [1.29, 1.82) is 0 Å². The molecule has 1 rings (SSSR count). The highest BCUT2D eigenvalue weighted by atomic mass is 79.9. The minimum atomic E-state index is -0.152. The number of benzene rings is 1. The molecule has 2 N–H and O–H groups in total. The van der Waals surface area contributed by atoms with Gasteiger partial charge in [-0.3, -0.25) is 0 Å². The molecule has 0 bridgehead atoms. The highest BCUT2D eigenvalue weighted by Gasteiger charge is 2.10. The normalized spacial score (nSPS) is 12.5. The molecule has 1 unspecified atom stereocenters. The largest absolute Gasteiger partial charge is 0.398 e. The standard InChI is InChI=1S/C9H10BrNO/c1-6(5-12)9-7(10)3-2-4-8(9)11/h2-6H,11H2,1H3. The van der Waals surface area contributed by atoms with Gasteiger partial charge < -0.3 is 10.5 Å². The van der Waals surface area contributed by atoms with Crippen molar-refractivity contribution in [3.05, 3.63) is 28.2 Å². The van der Waals surface area contributed by atoms with Crippen molar-refractivity contribution in [3.63, 3.8) is 0 Å². The van der Waals surface area contributed by atoms with E-state index in [2.05, 4.69) is 15.9 Å². The first-order chi connectivity index (χ1) is 5.66. The Balaban J connectivity index is 3.20. The Hall–Kier alpha value is -0.830. The first-order valence-electron chi connectivity index (χ1n) is 3.66. The molecular weight excluding hydrogens is 218 g/mol. The van der Waals surface area contributed by atoms with Crippen LogP contribution in [0.3, 0.4) is 0 Å². The Morgan fingerprint density at radius 3 is 2.75 bits per heavy atom. The van der Waals surface area contributed by atoms with E-state index in [1.807, 2.05) is 19.1 Å². The average molecular weight is 228 g/mol. The smallest absolute Gasteiger partial charge is 0.127 e. The molecule has 64 valence electrons. The summed E-state index contributed by atoms with van der Waals surface area (Å²) >= 11 is 3.35. The Bertz CT molecular complexity index is 278. The highest BCUT2D eigenvalue weighted by molar-refractivity contribution is 9.10. The van der Waals surface area contributed by atoms with Crippen LogP contribution in [0.2, 0.25) is 0 Å². The summed E-state index contributed by atoms with van der Waals surface area (Å²) in [5.74, 6) is -0.152. The molecule has 0 heterocycles. The zero-order chi connectivity index (χ0) is 9.14. The summed E-state index contributed by atoms with van der Waals surface area (Å²) in [6.45, 7) is 1.82. The number of halogens is 1. The minimum absolute atomic E-state index is 0.152. The summed E-state index contributed by atoms with van der Waals surface area (Å²) < 4.78 is 0.891. The zero-order valence-electron chi connectivity index (χ0n) is 6.75. The molecule has 0 aliphatic rings. The van der Waals surface area contributed by atoms with E-state index in [1.165, 1.54) is 0 Å². The molecule has 0 saturated carbocycles. The number of aldehydes is 1. The van der Waals surface area contributed by atoms with E-state index < -0.39 is 0 Å². The van der Waals surface area contributed by atoms with Crippen LogP contribution < -0.4 is 5.73 Å². The third-order valence-corrected chi connectivity index (χ3v) is 2.44. The number of nitrogen functional groups attached to an aromatic ring is 1. The Morgan fingerprint density at radius 1 is 1.58 bits per heavy atom. The first-order valence-corrected chi connectivity index (χ1v) is 4.45. The molecule has 0 radical (unpaired) electrons. The van der Waals surface area contributed by atoms with Gasteiger partial charge in [-0.05, 0) is 17.7 Å². The van der Waals surface area contributed by atoms with E-state index >= 15 is 0 Å². The van der Waals surface area contributed by atoms with Crippen molar-refractivity contribution in [2.24, 2.45) is 0 Å². The summed E-state index contributed by atoms with van der Waals surface area (Å²) in [5, 5.41) is 0. The van der Waals surface area contributed by atoms with E-state index in [1.54, 1.807) is 6.07 Å². The van der Waals surface area contributed by atoms with E-state index in [4.69, 9.17) is 5.73 Å². The minimum Gasteiger partial charge on any atom is -0.398 e. The molecule has 12 heavy (non-hydrogen) atoms. The maximum absolute atomic E-state index is 10.5. The van der Waals surface area contributed by atoms with Crippen LogP contribution in [0.1, 0.15) is 18.4 Å². The summed E-state index contributed by atoms with van der Waals surface area (Å²) in [6, 6.07) is 5.52. The van der Waals surface area contributed by atoms with Crippen molar-refractivity contribution >= 4 is 27.9 Å². The molecule has 1 aromatic rings. The fourth-order valence-electron chi connectivity index (χ4n) is 1.10. The Kier molecular flexibility index (Phi) is 2.87. The Labute approximate surface area is 79.9 Å². The van der Waals surface area contributed by atoms with Gasteiger partial charge in [-0.25, -0.2) is 0 Å². The molecule has 2 nitrogen and oxygen atoms in total. The first kappa shape index (κ1) is 9.26. The Morgan fingerprint density at radius 2 is 2.25 bits per heavy atom. The summed E-state index contributed by atoms with van der Waals surface area (Å²) in [6.07, 6.45) is 0.885. The van der Waals surface area contributed by atoms with Crippen LogP contribution in [-0.2, 0) is 4.79 Å². The highest BCUT2D eigenvalue weighted by Crippen LogP contribution is 2.28. The molecule has 0 aromatic heterocycles. The van der Waals surface area contributed by atoms with Gasteiger partial charge in [0.25, 0.3) is 0 Å². The lowest BCUT2D eigenvalue weighted by atomic mass is 10.0. The number of nitrogens with two attached hydrogens (primary N) is 1. The number of carbonyl (C=O) groups excluding carboxylic acids is 1. The van der Waals surface area contributed by atoms with Gasteiger partial charge in [-0.15, -0.1) is 0 Å². The van der Waals surface area contributed by atoms with Crippen LogP contribution in [0, 0.1) is 0 Å². The number of rotatable bonds is 2. The third kappa shape index (κ3) is 1.67. The van der Waals surface area contributed by atoms with Crippen molar-refractivity contribution in [3.8, 4) is 0 Å². The van der Waals surface area contributed by atoms with Gasteiger partial charge in [-0.2, -0.15) is 0 Å². The van der Waals surface area contributed by atoms with Gasteiger partial charge in [-0.1, -0.05) is 28.9 Å².